The van der Waals surface area contributed by atoms with E-state index in [4.69, 9.17) is 5.11 Å². The molecule has 2 N–H and O–H groups in total. The van der Waals surface area contributed by atoms with E-state index in [9.17, 15) is 13.2 Å². The fraction of sp³-hybridized carbons (Fsp3) is 0.231. The highest BCUT2D eigenvalue weighted by molar-refractivity contribution is 7.89. The molecule has 2 aromatic heterocycles. The number of aromatic carboxylic acids is 1. The van der Waals surface area contributed by atoms with Crippen LogP contribution in [0.4, 0.5) is 0 Å². The summed E-state index contributed by atoms with van der Waals surface area (Å²) in [6, 6.07) is 4.18. The molecule has 2 aromatic rings. The van der Waals surface area contributed by atoms with E-state index in [1.807, 2.05) is 0 Å². The van der Waals surface area contributed by atoms with Gasteiger partial charge in [0.25, 0.3) is 0 Å². The summed E-state index contributed by atoms with van der Waals surface area (Å²) < 4.78 is 27.3. The maximum atomic E-state index is 12.4. The molecule has 0 bridgehead atoms. The Labute approximate surface area is 126 Å². The van der Waals surface area contributed by atoms with Gasteiger partial charge in [-0.3, -0.25) is 4.98 Å². The summed E-state index contributed by atoms with van der Waals surface area (Å²) in [5.41, 5.74) is 0.778. The van der Waals surface area contributed by atoms with Gasteiger partial charge in [0.1, 0.15) is 4.88 Å². The second-order valence-electron chi connectivity index (χ2n) is 4.46. The van der Waals surface area contributed by atoms with Gasteiger partial charge < -0.3 is 5.11 Å². The van der Waals surface area contributed by atoms with Crippen molar-refractivity contribution in [1.82, 2.24) is 9.71 Å². The summed E-state index contributed by atoms with van der Waals surface area (Å²) >= 11 is 0.944. The lowest BCUT2D eigenvalue weighted by atomic mass is 10.1. The van der Waals surface area contributed by atoms with Crippen LogP contribution in [-0.2, 0) is 10.0 Å². The average Bonchev–Trinajstić information content (AvgIpc) is 2.82. The second kappa shape index (κ2) is 5.92. The fourth-order valence-electron chi connectivity index (χ4n) is 1.85. The molecule has 0 aliphatic rings. The quantitative estimate of drug-likeness (QED) is 0.878. The molecule has 6 nitrogen and oxygen atoms in total. The molecule has 0 amide bonds. The molecule has 8 heteroatoms. The Morgan fingerprint density at radius 2 is 2.00 bits per heavy atom. The minimum Gasteiger partial charge on any atom is -0.477 e. The van der Waals surface area contributed by atoms with E-state index in [2.05, 4.69) is 9.71 Å². The van der Waals surface area contributed by atoms with Crippen LogP contribution >= 0.6 is 11.3 Å². The highest BCUT2D eigenvalue weighted by Crippen LogP contribution is 2.27. The van der Waals surface area contributed by atoms with Crippen molar-refractivity contribution in [3.63, 3.8) is 0 Å². The summed E-state index contributed by atoms with van der Waals surface area (Å²) in [4.78, 5) is 15.3. The van der Waals surface area contributed by atoms with E-state index in [0.717, 1.165) is 16.9 Å². The van der Waals surface area contributed by atoms with Crippen LogP contribution in [0.25, 0.3) is 0 Å². The highest BCUT2D eigenvalue weighted by atomic mass is 32.2. The summed E-state index contributed by atoms with van der Waals surface area (Å²) in [7, 11) is -3.77. The molecule has 0 saturated carbocycles. The molecule has 0 fully saturated rings. The average molecular weight is 326 g/mol. The zero-order valence-corrected chi connectivity index (χ0v) is 13.0. The molecule has 0 radical (unpaired) electrons. The van der Waals surface area contributed by atoms with Crippen molar-refractivity contribution in [2.24, 2.45) is 0 Å². The number of carbonyl (C=O) groups is 1. The molecule has 0 aliphatic heterocycles. The Morgan fingerprint density at radius 3 is 2.52 bits per heavy atom. The number of nitrogens with zero attached hydrogens (tertiary/aromatic N) is 1. The van der Waals surface area contributed by atoms with Crippen LogP contribution in [0.2, 0.25) is 0 Å². The maximum Gasteiger partial charge on any atom is 0.345 e. The summed E-state index contributed by atoms with van der Waals surface area (Å²) in [6.45, 7) is 3.30. The molecular formula is C13H14N2O4S2. The van der Waals surface area contributed by atoms with Crippen molar-refractivity contribution in [2.75, 3.05) is 0 Å². The van der Waals surface area contributed by atoms with Crippen LogP contribution in [0.3, 0.4) is 0 Å². The first-order valence-corrected chi connectivity index (χ1v) is 8.37. The van der Waals surface area contributed by atoms with E-state index in [-0.39, 0.29) is 9.77 Å². The molecule has 1 atom stereocenters. The molecule has 2 rings (SSSR count). The number of hydrogen-bond donors (Lipinski definition) is 2. The zero-order valence-electron chi connectivity index (χ0n) is 11.4. The second-order valence-corrected chi connectivity index (χ2v) is 7.40. The highest BCUT2D eigenvalue weighted by Gasteiger charge is 2.24. The Kier molecular flexibility index (Phi) is 4.40. The monoisotopic (exact) mass is 326 g/mol. The largest absolute Gasteiger partial charge is 0.477 e. The summed E-state index contributed by atoms with van der Waals surface area (Å²) in [6.07, 6.45) is 3.16. The number of carboxylic acid groups (broad SMARTS) is 1. The van der Waals surface area contributed by atoms with Crippen molar-refractivity contribution in [1.29, 1.82) is 0 Å². The smallest absolute Gasteiger partial charge is 0.345 e. The van der Waals surface area contributed by atoms with E-state index in [1.54, 1.807) is 38.4 Å². The first-order valence-electron chi connectivity index (χ1n) is 6.07. The molecule has 0 unspecified atom stereocenters. The number of pyridine rings is 1. The number of carboxylic acids is 1. The predicted octanol–water partition coefficient (Wildman–Crippen LogP) is 2.19. The third-order valence-electron chi connectivity index (χ3n) is 2.91. The van der Waals surface area contributed by atoms with Crippen LogP contribution in [-0.4, -0.2) is 24.5 Å². The van der Waals surface area contributed by atoms with Crippen LogP contribution in [0, 0.1) is 6.92 Å². The molecule has 0 aliphatic carbocycles. The van der Waals surface area contributed by atoms with Gasteiger partial charge in [-0.2, -0.15) is 0 Å². The first-order chi connectivity index (χ1) is 9.81. The topological polar surface area (TPSA) is 96.4 Å². The molecular weight excluding hydrogens is 312 g/mol. The standard InChI is InChI=1S/C13H14N2O4S2/c1-8(10-3-5-14-6-4-10)15-21(18,19)12-7-11(13(16)17)20-9(12)2/h3-8,15H,1-2H3,(H,16,17)/t8-/m0/s1. The van der Waals surface area contributed by atoms with Gasteiger partial charge in [0.2, 0.25) is 10.0 Å². The number of thiophene rings is 1. The molecule has 0 aromatic carbocycles. The van der Waals surface area contributed by atoms with Gasteiger partial charge in [-0.25, -0.2) is 17.9 Å². The zero-order chi connectivity index (χ0) is 15.6. The van der Waals surface area contributed by atoms with E-state index in [0.29, 0.717) is 4.88 Å². The van der Waals surface area contributed by atoms with Crippen LogP contribution in [0.1, 0.15) is 33.1 Å². The van der Waals surface area contributed by atoms with Gasteiger partial charge in [0.15, 0.2) is 0 Å². The van der Waals surface area contributed by atoms with Crippen molar-refractivity contribution in [2.45, 2.75) is 24.8 Å². The van der Waals surface area contributed by atoms with Crippen LogP contribution in [0.15, 0.2) is 35.5 Å². The van der Waals surface area contributed by atoms with Gasteiger partial charge >= 0.3 is 5.97 Å². The minimum atomic E-state index is -3.77. The third kappa shape index (κ3) is 3.46. The van der Waals surface area contributed by atoms with Crippen molar-refractivity contribution in [3.05, 3.63) is 45.9 Å². The fourth-order valence-corrected chi connectivity index (χ4v) is 4.52. The number of aryl methyl sites for hydroxylation is 1. The SMILES string of the molecule is Cc1sc(C(=O)O)cc1S(=O)(=O)N[C@@H](C)c1ccncc1. The molecule has 2 heterocycles. The summed E-state index contributed by atoms with van der Waals surface area (Å²) in [5, 5.41) is 8.94. The van der Waals surface area contributed by atoms with Crippen LogP contribution in [0.5, 0.6) is 0 Å². The van der Waals surface area contributed by atoms with Gasteiger partial charge in [0.05, 0.1) is 4.90 Å². The van der Waals surface area contributed by atoms with E-state index >= 15 is 0 Å². The third-order valence-corrected chi connectivity index (χ3v) is 5.75. The Balaban J connectivity index is 2.29. The van der Waals surface area contributed by atoms with Gasteiger partial charge in [0, 0.05) is 23.3 Å². The lowest BCUT2D eigenvalue weighted by Crippen LogP contribution is -2.27. The van der Waals surface area contributed by atoms with Gasteiger partial charge in [-0.15, -0.1) is 11.3 Å². The number of hydrogen-bond acceptors (Lipinski definition) is 5. The molecule has 21 heavy (non-hydrogen) atoms. The molecule has 0 saturated heterocycles. The predicted molar refractivity (Wildman–Crippen MR) is 79.0 cm³/mol. The maximum absolute atomic E-state index is 12.4. The lowest BCUT2D eigenvalue weighted by molar-refractivity contribution is 0.0702. The number of nitrogens with one attached hydrogen (secondary N) is 1. The van der Waals surface area contributed by atoms with Gasteiger partial charge in [-0.05, 0) is 37.6 Å². The Hall–Kier alpha value is -1.77. The Bertz CT molecular complexity index is 754. The summed E-state index contributed by atoms with van der Waals surface area (Å²) in [5.74, 6) is -1.13. The van der Waals surface area contributed by atoms with Crippen molar-refractivity contribution >= 4 is 27.3 Å². The van der Waals surface area contributed by atoms with Gasteiger partial charge in [-0.1, -0.05) is 0 Å². The Morgan fingerprint density at radius 1 is 1.38 bits per heavy atom. The normalized spacial score (nSPS) is 13.0. The lowest BCUT2D eigenvalue weighted by Gasteiger charge is -2.14. The van der Waals surface area contributed by atoms with Crippen molar-refractivity contribution < 1.29 is 18.3 Å². The number of sulfonamides is 1. The van der Waals surface area contributed by atoms with Crippen molar-refractivity contribution in [3.8, 4) is 0 Å². The van der Waals surface area contributed by atoms with E-state index in [1.165, 1.54) is 6.07 Å². The van der Waals surface area contributed by atoms with E-state index < -0.39 is 22.0 Å². The molecule has 112 valence electrons. The minimum absolute atomic E-state index is 0.00411. The van der Waals surface area contributed by atoms with Crippen LogP contribution < -0.4 is 4.72 Å². The molecule has 0 spiro atoms. The number of aromatic nitrogens is 1. The first kappa shape index (κ1) is 15.6. The number of rotatable bonds is 5.